The van der Waals surface area contributed by atoms with E-state index in [0.29, 0.717) is 44.0 Å². The lowest BCUT2D eigenvalue weighted by atomic mass is 10.0. The van der Waals surface area contributed by atoms with E-state index in [1.165, 1.54) is 0 Å². The molecule has 176 valence electrons. The number of anilines is 3. The predicted octanol–water partition coefficient (Wildman–Crippen LogP) is 0.196. The largest absolute Gasteiger partial charge is 0.348 e. The summed E-state index contributed by atoms with van der Waals surface area (Å²) in [6.45, 7) is 4.71. The van der Waals surface area contributed by atoms with Crippen molar-refractivity contribution in [2.45, 2.75) is 50.0 Å². The van der Waals surface area contributed by atoms with Crippen molar-refractivity contribution < 1.29 is 0 Å². The summed E-state index contributed by atoms with van der Waals surface area (Å²) in [7, 11) is 0. The number of aromatic nitrogens is 3. The second kappa shape index (κ2) is 10.6. The molecule has 2 aliphatic rings. The molecule has 1 aromatic carbocycles. The molecule has 0 amide bonds. The third-order valence-corrected chi connectivity index (χ3v) is 5.85. The monoisotopic (exact) mass is 462 g/mol. The van der Waals surface area contributed by atoms with E-state index in [9.17, 15) is 0 Å². The number of hydrogen-bond donors (Lipinski definition) is 5. The number of nitrogens with zero attached hydrogens (tertiary/aromatic N) is 5. The molecule has 2 aromatic rings. The van der Waals surface area contributed by atoms with Gasteiger partial charge in [0, 0.05) is 50.3 Å². The molecule has 10 nitrogen and oxygen atoms in total. The summed E-state index contributed by atoms with van der Waals surface area (Å²) in [4.78, 5) is 18.3. The van der Waals surface area contributed by atoms with Gasteiger partial charge < -0.3 is 38.1 Å². The van der Waals surface area contributed by atoms with Crippen LogP contribution in [0.25, 0.3) is 0 Å². The summed E-state index contributed by atoms with van der Waals surface area (Å²) in [5.41, 5.74) is 26.0. The van der Waals surface area contributed by atoms with Gasteiger partial charge in [-0.15, -0.1) is 12.4 Å². The minimum atomic E-state index is -0.0135. The first kappa shape index (κ1) is 24.4. The Bertz CT molecular complexity index is 805. The lowest BCUT2D eigenvalue weighted by Crippen LogP contribution is -2.54. The summed E-state index contributed by atoms with van der Waals surface area (Å²) in [5.74, 6) is 1.66. The second-order valence-electron chi connectivity index (χ2n) is 8.86. The van der Waals surface area contributed by atoms with E-state index in [1.807, 2.05) is 28.0 Å². The van der Waals surface area contributed by atoms with Crippen LogP contribution in [0.15, 0.2) is 30.3 Å². The van der Waals surface area contributed by atoms with Crippen LogP contribution in [0, 0.1) is 0 Å². The van der Waals surface area contributed by atoms with Crippen LogP contribution in [0.3, 0.4) is 0 Å². The molecule has 0 saturated carbocycles. The van der Waals surface area contributed by atoms with Crippen molar-refractivity contribution in [1.29, 1.82) is 0 Å². The highest BCUT2D eigenvalue weighted by molar-refractivity contribution is 5.85. The molecule has 3 heterocycles. The Hall–Kier alpha value is -2.24. The molecule has 0 bridgehead atoms. The number of benzene rings is 1. The standard InChI is InChI=1S/C21H34N10.ClH/c1-13(14-5-3-2-4-6-14)26-19-27-20(30-9-15(22)7-16(23)10-30)29-21(28-19)31-11-17(24)8-18(25)12-31;/h2-6,13,15-18H,7-12,22-25H2,1H3,(H,26,27,28,29);1H/t13?,15-,16+,17-,18+;. The zero-order valence-electron chi connectivity index (χ0n) is 18.5. The zero-order valence-corrected chi connectivity index (χ0v) is 19.3. The van der Waals surface area contributed by atoms with Crippen LogP contribution in [0.4, 0.5) is 17.8 Å². The van der Waals surface area contributed by atoms with Crippen molar-refractivity contribution in [2.24, 2.45) is 22.9 Å². The predicted molar refractivity (Wildman–Crippen MR) is 131 cm³/mol. The Kier molecular flexibility index (Phi) is 8.07. The van der Waals surface area contributed by atoms with Gasteiger partial charge in [0.2, 0.25) is 17.8 Å². The molecule has 1 unspecified atom stereocenters. The average molecular weight is 463 g/mol. The van der Waals surface area contributed by atoms with Crippen LogP contribution < -0.4 is 38.1 Å². The van der Waals surface area contributed by atoms with Gasteiger partial charge >= 0.3 is 0 Å². The Morgan fingerprint density at radius 3 is 1.66 bits per heavy atom. The van der Waals surface area contributed by atoms with Crippen LogP contribution >= 0.6 is 12.4 Å². The molecular weight excluding hydrogens is 428 g/mol. The van der Waals surface area contributed by atoms with Crippen LogP contribution in [0.2, 0.25) is 0 Å². The molecule has 5 atom stereocenters. The van der Waals surface area contributed by atoms with Crippen LogP contribution in [0.5, 0.6) is 0 Å². The van der Waals surface area contributed by atoms with Gasteiger partial charge in [0.1, 0.15) is 0 Å². The van der Waals surface area contributed by atoms with Crippen molar-refractivity contribution in [3.63, 3.8) is 0 Å². The minimum absolute atomic E-state index is 0. The van der Waals surface area contributed by atoms with E-state index in [0.717, 1.165) is 18.4 Å². The Morgan fingerprint density at radius 2 is 1.22 bits per heavy atom. The van der Waals surface area contributed by atoms with Crippen LogP contribution in [0.1, 0.15) is 31.4 Å². The quantitative estimate of drug-likeness (QED) is 0.414. The number of nitrogens with one attached hydrogen (secondary N) is 1. The maximum Gasteiger partial charge on any atom is 0.232 e. The number of piperidine rings is 2. The van der Waals surface area contributed by atoms with Crippen LogP contribution in [-0.2, 0) is 0 Å². The number of nitrogens with two attached hydrogens (primary N) is 4. The summed E-state index contributed by atoms with van der Waals surface area (Å²) >= 11 is 0. The van der Waals surface area contributed by atoms with Crippen molar-refractivity contribution in [2.75, 3.05) is 41.3 Å². The van der Waals surface area contributed by atoms with Gasteiger partial charge in [-0.2, -0.15) is 15.0 Å². The lowest BCUT2D eigenvalue weighted by molar-refractivity contribution is 0.441. The second-order valence-corrected chi connectivity index (χ2v) is 8.86. The molecule has 2 aliphatic heterocycles. The highest BCUT2D eigenvalue weighted by atomic mass is 35.5. The van der Waals surface area contributed by atoms with Crippen molar-refractivity contribution >= 4 is 30.3 Å². The number of rotatable bonds is 5. The number of halogens is 1. The first-order valence-electron chi connectivity index (χ1n) is 11.0. The molecule has 2 saturated heterocycles. The summed E-state index contributed by atoms with van der Waals surface area (Å²) in [5, 5.41) is 3.42. The van der Waals surface area contributed by atoms with Gasteiger partial charge in [-0.1, -0.05) is 30.3 Å². The molecule has 0 spiro atoms. The maximum absolute atomic E-state index is 6.21. The zero-order chi connectivity index (χ0) is 22.0. The molecule has 2 fully saturated rings. The van der Waals surface area contributed by atoms with Gasteiger partial charge in [0.25, 0.3) is 0 Å². The fourth-order valence-corrected chi connectivity index (χ4v) is 4.40. The van der Waals surface area contributed by atoms with Crippen molar-refractivity contribution in [1.82, 2.24) is 15.0 Å². The van der Waals surface area contributed by atoms with E-state index < -0.39 is 0 Å². The number of hydrogen-bond acceptors (Lipinski definition) is 10. The van der Waals surface area contributed by atoms with Gasteiger partial charge in [-0.3, -0.25) is 0 Å². The molecule has 1 aromatic heterocycles. The molecule has 4 rings (SSSR count). The summed E-state index contributed by atoms with van der Waals surface area (Å²) < 4.78 is 0. The fraction of sp³-hybridized carbons (Fsp3) is 0.571. The average Bonchev–Trinajstić information content (AvgIpc) is 2.73. The van der Waals surface area contributed by atoms with E-state index in [4.69, 9.17) is 37.9 Å². The van der Waals surface area contributed by atoms with Gasteiger partial charge in [0.15, 0.2) is 0 Å². The molecular formula is C21H35ClN10. The third kappa shape index (κ3) is 5.96. The van der Waals surface area contributed by atoms with E-state index in [1.54, 1.807) is 0 Å². The van der Waals surface area contributed by atoms with Gasteiger partial charge in [-0.05, 0) is 25.3 Å². The molecule has 32 heavy (non-hydrogen) atoms. The van der Waals surface area contributed by atoms with Crippen molar-refractivity contribution in [3.8, 4) is 0 Å². The first-order valence-corrected chi connectivity index (χ1v) is 11.0. The van der Waals surface area contributed by atoms with Crippen molar-refractivity contribution in [3.05, 3.63) is 35.9 Å². The minimum Gasteiger partial charge on any atom is -0.348 e. The van der Waals surface area contributed by atoms with Gasteiger partial charge in [0.05, 0.1) is 6.04 Å². The SMILES string of the molecule is CC(Nc1nc(N2C[C@H](N)C[C@H](N)C2)nc(N2C[C@H](N)C[C@H](N)C2)n1)c1ccccc1.Cl. The summed E-state index contributed by atoms with van der Waals surface area (Å²) in [6.07, 6.45) is 1.58. The topological polar surface area (TPSA) is 161 Å². The van der Waals surface area contributed by atoms with Gasteiger partial charge in [-0.25, -0.2) is 0 Å². The smallest absolute Gasteiger partial charge is 0.232 e. The third-order valence-electron chi connectivity index (χ3n) is 5.85. The van der Waals surface area contributed by atoms with Crippen LogP contribution in [-0.4, -0.2) is 65.3 Å². The Balaban J connectivity index is 0.00000289. The molecule has 9 N–H and O–H groups in total. The Morgan fingerprint density at radius 1 is 0.781 bits per heavy atom. The van der Waals surface area contributed by atoms with E-state index in [-0.39, 0.29) is 42.6 Å². The molecule has 0 radical (unpaired) electrons. The van der Waals surface area contributed by atoms with E-state index in [2.05, 4.69) is 24.4 Å². The lowest BCUT2D eigenvalue weighted by Gasteiger charge is -2.37. The molecule has 11 heteroatoms. The van der Waals surface area contributed by atoms with E-state index >= 15 is 0 Å². The normalized spacial score (nSPS) is 26.9. The highest BCUT2D eigenvalue weighted by Crippen LogP contribution is 2.24. The fourth-order valence-electron chi connectivity index (χ4n) is 4.40. The highest BCUT2D eigenvalue weighted by Gasteiger charge is 2.29. The maximum atomic E-state index is 6.21. The Labute approximate surface area is 195 Å². The first-order chi connectivity index (χ1) is 14.9. The summed E-state index contributed by atoms with van der Waals surface area (Å²) in [6, 6.07) is 10.2. The molecule has 0 aliphatic carbocycles.